The maximum atomic E-state index is 12.4. The second-order valence-corrected chi connectivity index (χ2v) is 9.29. The molecule has 3 heterocycles. The van der Waals surface area contributed by atoms with Crippen molar-refractivity contribution in [2.24, 2.45) is 5.92 Å². The van der Waals surface area contributed by atoms with Gasteiger partial charge in [-0.3, -0.25) is 24.2 Å². The highest BCUT2D eigenvalue weighted by atomic mass is 16.4. The summed E-state index contributed by atoms with van der Waals surface area (Å²) in [6.07, 6.45) is 3.91. The molecule has 9 nitrogen and oxygen atoms in total. The van der Waals surface area contributed by atoms with Crippen LogP contribution in [0.15, 0.2) is 24.4 Å². The number of hydrogen-bond donors (Lipinski definition) is 3. The number of H-pyrrole nitrogens is 1. The number of anilines is 1. The van der Waals surface area contributed by atoms with E-state index in [9.17, 15) is 19.5 Å². The number of piperazine rings is 1. The van der Waals surface area contributed by atoms with Crippen molar-refractivity contribution in [2.75, 3.05) is 51.1 Å². The van der Waals surface area contributed by atoms with Gasteiger partial charge in [-0.2, -0.15) is 0 Å². The topological polar surface area (TPSA) is 109 Å². The molecule has 0 unspecified atom stereocenters. The van der Waals surface area contributed by atoms with Gasteiger partial charge in [-0.25, -0.2) is 0 Å². The van der Waals surface area contributed by atoms with Crippen LogP contribution in [0, 0.1) is 5.92 Å². The number of nitrogens with zero attached hydrogens (tertiary/aromatic N) is 3. The number of carboxylic acid groups (broad SMARTS) is 1. The monoisotopic (exact) mass is 455 g/mol. The van der Waals surface area contributed by atoms with Gasteiger partial charge in [0, 0.05) is 73.5 Å². The van der Waals surface area contributed by atoms with Crippen molar-refractivity contribution >= 4 is 34.4 Å². The van der Waals surface area contributed by atoms with Crippen LogP contribution in [0.2, 0.25) is 0 Å². The lowest BCUT2D eigenvalue weighted by Gasteiger charge is -2.37. The predicted octanol–water partition coefficient (Wildman–Crippen LogP) is 2.13. The summed E-state index contributed by atoms with van der Waals surface area (Å²) < 4.78 is 0. The Bertz CT molecular complexity index is 1020. The molecule has 4 rings (SSSR count). The lowest BCUT2D eigenvalue weighted by molar-refractivity contribution is -0.145. The maximum Gasteiger partial charge on any atom is 0.325 e. The van der Waals surface area contributed by atoms with Crippen LogP contribution < -0.4 is 5.32 Å². The number of benzene rings is 1. The third-order valence-electron chi connectivity index (χ3n) is 6.62. The van der Waals surface area contributed by atoms with Crippen molar-refractivity contribution in [1.29, 1.82) is 0 Å². The summed E-state index contributed by atoms with van der Waals surface area (Å²) in [6, 6.07) is 4.73. The Hall–Kier alpha value is -2.91. The third kappa shape index (κ3) is 5.20. The number of amides is 2. The van der Waals surface area contributed by atoms with Crippen LogP contribution >= 0.6 is 0 Å². The zero-order chi connectivity index (χ0) is 23.5. The van der Waals surface area contributed by atoms with E-state index < -0.39 is 12.0 Å². The third-order valence-corrected chi connectivity index (χ3v) is 6.62. The molecule has 2 aliphatic heterocycles. The van der Waals surface area contributed by atoms with Gasteiger partial charge in [-0.15, -0.1) is 0 Å². The molecule has 1 aromatic carbocycles. The molecule has 178 valence electrons. The highest BCUT2D eigenvalue weighted by Crippen LogP contribution is 2.31. The highest BCUT2D eigenvalue weighted by molar-refractivity contribution is 5.96. The van der Waals surface area contributed by atoms with Crippen LogP contribution in [0.4, 0.5) is 5.69 Å². The fourth-order valence-electron chi connectivity index (χ4n) is 4.66. The Balaban J connectivity index is 1.44. The van der Waals surface area contributed by atoms with Crippen molar-refractivity contribution in [3.63, 3.8) is 0 Å². The fourth-order valence-corrected chi connectivity index (χ4v) is 4.66. The van der Waals surface area contributed by atoms with E-state index in [-0.39, 0.29) is 17.7 Å². The first kappa shape index (κ1) is 23.3. The van der Waals surface area contributed by atoms with Gasteiger partial charge in [0.15, 0.2) is 0 Å². The Labute approximate surface area is 193 Å². The molecule has 1 aromatic heterocycles. The second-order valence-electron chi connectivity index (χ2n) is 9.29. The van der Waals surface area contributed by atoms with Crippen LogP contribution in [0.3, 0.4) is 0 Å². The minimum atomic E-state index is -0.894. The maximum absolute atomic E-state index is 12.4. The molecule has 0 radical (unpaired) electrons. The first-order valence-corrected chi connectivity index (χ1v) is 11.7. The molecular formula is C24H33N5O4. The molecule has 0 saturated carbocycles. The van der Waals surface area contributed by atoms with E-state index in [1.165, 1.54) is 0 Å². The van der Waals surface area contributed by atoms with Gasteiger partial charge in [0.25, 0.3) is 0 Å². The number of likely N-dealkylation sites (tertiary alicyclic amines) is 1. The summed E-state index contributed by atoms with van der Waals surface area (Å²) in [6.45, 7) is 8.27. The normalized spacial score (nSPS) is 18.7. The molecule has 33 heavy (non-hydrogen) atoms. The number of rotatable bonds is 7. The van der Waals surface area contributed by atoms with Gasteiger partial charge in [0.2, 0.25) is 11.8 Å². The van der Waals surface area contributed by atoms with Crippen LogP contribution in [0.5, 0.6) is 0 Å². The minimum Gasteiger partial charge on any atom is -0.480 e. The predicted molar refractivity (Wildman–Crippen MR) is 126 cm³/mol. The number of aliphatic carboxylic acids is 1. The van der Waals surface area contributed by atoms with E-state index in [1.807, 2.05) is 35.8 Å². The van der Waals surface area contributed by atoms with E-state index in [0.717, 1.165) is 36.8 Å². The van der Waals surface area contributed by atoms with Crippen molar-refractivity contribution in [1.82, 2.24) is 19.7 Å². The Morgan fingerprint density at radius 1 is 1.06 bits per heavy atom. The van der Waals surface area contributed by atoms with Gasteiger partial charge in [-0.05, 0) is 25.0 Å². The number of carbonyl (C=O) groups excluding carboxylic acids is 2. The Morgan fingerprint density at radius 2 is 1.76 bits per heavy atom. The average molecular weight is 456 g/mol. The summed E-state index contributed by atoms with van der Waals surface area (Å²) in [4.78, 5) is 45.9. The molecule has 0 bridgehead atoms. The summed E-state index contributed by atoms with van der Waals surface area (Å²) in [7, 11) is 0. The van der Waals surface area contributed by atoms with Gasteiger partial charge < -0.3 is 20.3 Å². The van der Waals surface area contributed by atoms with Gasteiger partial charge >= 0.3 is 5.97 Å². The summed E-state index contributed by atoms with van der Waals surface area (Å²) in [5.41, 5.74) is 2.17. The quantitative estimate of drug-likeness (QED) is 0.590. The van der Waals surface area contributed by atoms with E-state index in [1.54, 1.807) is 12.3 Å². The molecule has 9 heteroatoms. The number of hydrogen-bond acceptors (Lipinski definition) is 5. The highest BCUT2D eigenvalue weighted by Gasteiger charge is 2.33. The summed E-state index contributed by atoms with van der Waals surface area (Å²) in [5.74, 6) is -0.909. The molecule has 2 aliphatic rings. The second kappa shape index (κ2) is 9.93. The molecule has 2 fully saturated rings. The largest absolute Gasteiger partial charge is 0.480 e. The molecule has 0 aliphatic carbocycles. The van der Waals surface area contributed by atoms with Crippen molar-refractivity contribution in [2.45, 2.75) is 32.7 Å². The first-order valence-electron chi connectivity index (χ1n) is 11.7. The van der Waals surface area contributed by atoms with Crippen LogP contribution in [0.1, 0.15) is 38.3 Å². The fraction of sp³-hybridized carbons (Fsp3) is 0.542. The van der Waals surface area contributed by atoms with E-state index in [0.29, 0.717) is 44.0 Å². The van der Waals surface area contributed by atoms with Crippen LogP contribution in [-0.4, -0.2) is 88.4 Å². The minimum absolute atomic E-state index is 0.0642. The smallest absolute Gasteiger partial charge is 0.325 e. The molecule has 3 N–H and O–H groups in total. The summed E-state index contributed by atoms with van der Waals surface area (Å²) in [5, 5.41) is 13.8. The van der Waals surface area contributed by atoms with E-state index >= 15 is 0 Å². The number of aromatic nitrogens is 1. The van der Waals surface area contributed by atoms with Crippen LogP contribution in [-0.2, 0) is 14.4 Å². The lowest BCUT2D eigenvalue weighted by Crippen LogP contribution is -2.51. The molecule has 2 amide bonds. The number of fused-ring (bicyclic) bond motifs is 1. The molecule has 1 atom stereocenters. The number of carboxylic acids is 1. The van der Waals surface area contributed by atoms with E-state index in [4.69, 9.17) is 0 Å². The van der Waals surface area contributed by atoms with Gasteiger partial charge in [-0.1, -0.05) is 19.9 Å². The van der Waals surface area contributed by atoms with E-state index in [2.05, 4.69) is 15.2 Å². The molecule has 0 spiro atoms. The molecule has 2 saturated heterocycles. The van der Waals surface area contributed by atoms with Crippen molar-refractivity contribution in [3.05, 3.63) is 30.0 Å². The zero-order valence-electron chi connectivity index (χ0n) is 19.3. The number of carbonyl (C=O) groups is 3. The number of nitrogens with one attached hydrogen (secondary N) is 2. The van der Waals surface area contributed by atoms with Gasteiger partial charge in [0.05, 0.1) is 6.54 Å². The lowest BCUT2D eigenvalue weighted by atomic mass is 10.0. The molecular weight excluding hydrogens is 422 g/mol. The number of aromatic amines is 1. The first-order chi connectivity index (χ1) is 15.8. The Morgan fingerprint density at radius 3 is 2.39 bits per heavy atom. The standard InChI is InChI=1S/C24H33N5O4/c1-16(2)23(31)26-17-5-6-18-19(14-25-20(18)13-17)22(24(32)33)29-11-9-27(10-12-29)15-21(30)28-7-3-4-8-28/h5-6,13-14,16,22,25H,3-4,7-12,15H2,1-2H3,(H,26,31)(H,32,33)/t22-/m0/s1. The summed E-state index contributed by atoms with van der Waals surface area (Å²) >= 11 is 0. The molecule has 2 aromatic rings. The average Bonchev–Trinajstić information content (AvgIpc) is 3.45. The van der Waals surface area contributed by atoms with Crippen molar-refractivity contribution in [3.8, 4) is 0 Å². The van der Waals surface area contributed by atoms with Crippen LogP contribution in [0.25, 0.3) is 10.9 Å². The van der Waals surface area contributed by atoms with Gasteiger partial charge in [0.1, 0.15) is 6.04 Å². The SMILES string of the molecule is CC(C)C(=O)Nc1ccc2c([C@@H](C(=O)O)N3CCN(CC(=O)N4CCCC4)CC3)c[nH]c2c1. The van der Waals surface area contributed by atoms with Crippen molar-refractivity contribution < 1.29 is 19.5 Å². The zero-order valence-corrected chi connectivity index (χ0v) is 19.3. The Kier molecular flexibility index (Phi) is 6.99.